The van der Waals surface area contributed by atoms with Gasteiger partial charge in [0.25, 0.3) is 5.91 Å². The maximum atomic E-state index is 14.9. The molecule has 2 aromatic carbocycles. The van der Waals surface area contributed by atoms with Crippen molar-refractivity contribution in [1.29, 1.82) is 0 Å². The second kappa shape index (κ2) is 13.4. The van der Waals surface area contributed by atoms with Gasteiger partial charge in [-0.1, -0.05) is 42.5 Å². The molecule has 5 rings (SSSR count). The van der Waals surface area contributed by atoms with E-state index in [0.717, 1.165) is 18.8 Å². The molecule has 234 valence electrons. The molecule has 0 aliphatic carbocycles. The van der Waals surface area contributed by atoms with Gasteiger partial charge in [0.05, 0.1) is 37.2 Å². The number of hydrogen-bond acceptors (Lipinski definition) is 7. The van der Waals surface area contributed by atoms with Crippen molar-refractivity contribution in [2.24, 2.45) is 11.8 Å². The summed E-state index contributed by atoms with van der Waals surface area (Å²) in [6, 6.07) is 15.1. The fourth-order valence-electron chi connectivity index (χ4n) is 7.37. The lowest BCUT2D eigenvalue weighted by molar-refractivity contribution is -0.155. The Morgan fingerprint density at radius 2 is 1.77 bits per heavy atom. The third-order valence-corrected chi connectivity index (χ3v) is 9.37. The monoisotopic (exact) mass is 601 g/mol. The highest BCUT2D eigenvalue weighted by molar-refractivity contribution is 6.05. The smallest absolute Gasteiger partial charge is 0.312 e. The van der Waals surface area contributed by atoms with Gasteiger partial charge < -0.3 is 29.3 Å². The number of esters is 1. The van der Waals surface area contributed by atoms with Gasteiger partial charge in [-0.05, 0) is 62.9 Å². The van der Waals surface area contributed by atoms with Crippen molar-refractivity contribution in [1.82, 2.24) is 4.90 Å². The van der Waals surface area contributed by atoms with E-state index in [1.165, 1.54) is 4.90 Å². The van der Waals surface area contributed by atoms with Crippen LogP contribution in [0, 0.1) is 11.8 Å². The summed E-state index contributed by atoms with van der Waals surface area (Å²) in [5, 5.41) is 10.7. The van der Waals surface area contributed by atoms with Gasteiger partial charge in [0.15, 0.2) is 0 Å². The van der Waals surface area contributed by atoms with Gasteiger partial charge >= 0.3 is 5.97 Å². The molecule has 3 fully saturated rings. The lowest BCUT2D eigenvalue weighted by Crippen LogP contribution is -2.57. The van der Waals surface area contributed by atoms with E-state index < -0.39 is 48.2 Å². The zero-order valence-electron chi connectivity index (χ0n) is 25.6. The Balaban J connectivity index is 1.58. The molecule has 44 heavy (non-hydrogen) atoms. The molecule has 2 bridgehead atoms. The number of rotatable bonds is 14. The van der Waals surface area contributed by atoms with Crippen LogP contribution in [0.15, 0.2) is 79.9 Å². The maximum Gasteiger partial charge on any atom is 0.312 e. The van der Waals surface area contributed by atoms with Crippen molar-refractivity contribution in [3.05, 3.63) is 85.5 Å². The second-order valence-electron chi connectivity index (χ2n) is 11.6. The fraction of sp³-hybridized carbons (Fsp3) is 0.457. The number of aliphatic hydroxyl groups excluding tert-OH is 1. The Morgan fingerprint density at radius 3 is 2.39 bits per heavy atom. The van der Waals surface area contributed by atoms with Crippen LogP contribution in [0.3, 0.4) is 0 Å². The molecule has 1 spiro atoms. The van der Waals surface area contributed by atoms with Gasteiger partial charge in [0.2, 0.25) is 5.91 Å². The zero-order valence-corrected chi connectivity index (χ0v) is 25.6. The van der Waals surface area contributed by atoms with Crippen LogP contribution < -0.4 is 9.80 Å². The number of benzene rings is 2. The summed E-state index contributed by atoms with van der Waals surface area (Å²) in [6.45, 7) is 13.4. The van der Waals surface area contributed by atoms with E-state index in [1.54, 1.807) is 17.1 Å². The minimum absolute atomic E-state index is 0.158. The minimum atomic E-state index is -1.23. The topological polar surface area (TPSA) is 99.6 Å². The van der Waals surface area contributed by atoms with E-state index in [1.807, 2.05) is 54.6 Å². The molecular weight excluding hydrogens is 558 g/mol. The van der Waals surface area contributed by atoms with Crippen molar-refractivity contribution in [2.75, 3.05) is 42.6 Å². The van der Waals surface area contributed by atoms with Gasteiger partial charge in [-0.15, -0.1) is 13.2 Å². The van der Waals surface area contributed by atoms with Crippen LogP contribution in [0.1, 0.15) is 44.7 Å². The van der Waals surface area contributed by atoms with E-state index in [0.29, 0.717) is 30.5 Å². The highest BCUT2D eigenvalue weighted by Crippen LogP contribution is 2.60. The van der Waals surface area contributed by atoms with Crippen LogP contribution in [0.4, 0.5) is 11.4 Å². The molecule has 2 amide bonds. The van der Waals surface area contributed by atoms with Crippen molar-refractivity contribution >= 4 is 29.2 Å². The van der Waals surface area contributed by atoms with Crippen LogP contribution in [-0.4, -0.2) is 78.4 Å². The predicted molar refractivity (Wildman–Crippen MR) is 169 cm³/mol. The van der Waals surface area contributed by atoms with Crippen molar-refractivity contribution in [2.45, 2.75) is 56.9 Å². The van der Waals surface area contributed by atoms with Crippen molar-refractivity contribution in [3.8, 4) is 0 Å². The molecule has 9 nitrogen and oxygen atoms in total. The van der Waals surface area contributed by atoms with Crippen molar-refractivity contribution in [3.63, 3.8) is 0 Å². The van der Waals surface area contributed by atoms with Crippen LogP contribution in [-0.2, 0) is 23.9 Å². The molecule has 1 N–H and O–H groups in total. The van der Waals surface area contributed by atoms with E-state index >= 15 is 0 Å². The normalized spacial score (nSPS) is 25.8. The molecule has 3 aliphatic rings. The Labute approximate surface area is 259 Å². The number of carbonyl (C=O) groups excluding carboxylic acids is 3. The highest BCUT2D eigenvalue weighted by Gasteiger charge is 2.75. The summed E-state index contributed by atoms with van der Waals surface area (Å²) in [6.07, 6.45) is 4.25. The molecule has 0 radical (unpaired) electrons. The molecule has 0 aromatic heterocycles. The minimum Gasteiger partial charge on any atom is -0.465 e. The van der Waals surface area contributed by atoms with Gasteiger partial charge in [-0.3, -0.25) is 14.4 Å². The number of fused-ring (bicyclic) bond motifs is 1. The van der Waals surface area contributed by atoms with Crippen molar-refractivity contribution < 1.29 is 29.0 Å². The summed E-state index contributed by atoms with van der Waals surface area (Å²) in [5.74, 6) is -2.96. The van der Waals surface area contributed by atoms with Crippen LogP contribution in [0.5, 0.6) is 0 Å². The number of anilines is 2. The Morgan fingerprint density at radius 1 is 1.09 bits per heavy atom. The summed E-state index contributed by atoms with van der Waals surface area (Å²) in [7, 11) is 0. The lowest BCUT2D eigenvalue weighted by atomic mass is 9.70. The number of amides is 2. The van der Waals surface area contributed by atoms with Crippen LogP contribution in [0.25, 0.3) is 0 Å². The van der Waals surface area contributed by atoms with E-state index in [4.69, 9.17) is 9.47 Å². The van der Waals surface area contributed by atoms with Crippen LogP contribution in [0.2, 0.25) is 0 Å². The summed E-state index contributed by atoms with van der Waals surface area (Å²) in [5.41, 5.74) is 1.16. The average Bonchev–Trinajstić information content (AvgIpc) is 3.69. The average molecular weight is 602 g/mol. The van der Waals surface area contributed by atoms with Gasteiger partial charge in [-0.25, -0.2) is 0 Å². The summed E-state index contributed by atoms with van der Waals surface area (Å²) in [4.78, 5) is 48.1. The lowest BCUT2D eigenvalue weighted by Gasteiger charge is -2.39. The molecule has 2 unspecified atom stereocenters. The predicted octanol–water partition coefficient (Wildman–Crippen LogP) is 4.28. The Kier molecular flexibility index (Phi) is 9.56. The quantitative estimate of drug-likeness (QED) is 0.196. The number of ether oxygens (including phenoxy) is 2. The fourth-order valence-corrected chi connectivity index (χ4v) is 7.37. The zero-order chi connectivity index (χ0) is 31.4. The highest BCUT2D eigenvalue weighted by atomic mass is 16.6. The number of aliphatic hydroxyl groups is 1. The molecule has 2 aromatic rings. The number of likely N-dealkylation sites (tertiary alicyclic amines) is 1. The molecule has 3 aliphatic heterocycles. The first-order valence-corrected chi connectivity index (χ1v) is 15.6. The van der Waals surface area contributed by atoms with Gasteiger partial charge in [0, 0.05) is 31.0 Å². The molecule has 6 atom stereocenters. The van der Waals surface area contributed by atoms with E-state index in [-0.39, 0.29) is 25.0 Å². The molecule has 9 heteroatoms. The molecule has 0 saturated carbocycles. The first-order valence-electron chi connectivity index (χ1n) is 15.6. The third-order valence-electron chi connectivity index (χ3n) is 9.37. The van der Waals surface area contributed by atoms with E-state index in [2.05, 4.69) is 31.9 Å². The Hall–Kier alpha value is -3.95. The first-order chi connectivity index (χ1) is 21.4. The van der Waals surface area contributed by atoms with E-state index in [9.17, 15) is 19.5 Å². The SMILES string of the molecule is C=CCCOC(=O)[C@@H]1[C@H]2C(=O)N([C@H](CO)c3ccccc3)C(C(=O)N(CC=C)c3ccc(N(CC)CC)cc3)C23CC[C@H]1O3. The maximum absolute atomic E-state index is 14.9. The van der Waals surface area contributed by atoms with Gasteiger partial charge in [0.1, 0.15) is 11.6 Å². The number of carbonyl (C=O) groups is 3. The summed E-state index contributed by atoms with van der Waals surface area (Å²) >= 11 is 0. The molecule has 3 heterocycles. The van der Waals surface area contributed by atoms with Crippen LogP contribution >= 0.6 is 0 Å². The largest absolute Gasteiger partial charge is 0.465 e. The summed E-state index contributed by atoms with van der Waals surface area (Å²) < 4.78 is 12.1. The first kappa shape index (κ1) is 31.5. The molecule has 3 saturated heterocycles. The number of hydrogen-bond donors (Lipinski definition) is 1. The third kappa shape index (κ3) is 5.32. The standard InChI is InChI=1S/C35H43N3O6/c1-5-9-22-43-34(42)29-28-19-20-35(44-28)30(29)32(40)38(27(23-39)24-13-11-10-12-14-24)31(35)33(41)37(21-6-2)26-17-15-25(16-18-26)36(7-3)8-4/h5-6,10-18,27-31,39H,1-2,7-9,19-23H2,3-4H3/t27-,28-,29+,30+,31?,35?/m1/s1. The Bertz CT molecular complexity index is 1360. The van der Waals surface area contributed by atoms with Gasteiger partial charge in [-0.2, -0.15) is 0 Å². The second-order valence-corrected chi connectivity index (χ2v) is 11.6. The number of nitrogens with zero attached hydrogens (tertiary/aromatic N) is 3. The molecular formula is C35H43N3O6.